The van der Waals surface area contributed by atoms with Crippen LogP contribution in [0.5, 0.6) is 0 Å². The molecular formula is C15H10ClNOS. The number of rotatable bonds is 2. The third kappa shape index (κ3) is 2.11. The van der Waals surface area contributed by atoms with Gasteiger partial charge in [0.05, 0.1) is 10.6 Å². The molecule has 0 amide bonds. The topological polar surface area (TPSA) is 43.1 Å². The number of nitrogens with two attached hydrogens (primary N) is 1. The first kappa shape index (κ1) is 12.2. The second-order valence-corrected chi connectivity index (χ2v) is 5.67. The summed E-state index contributed by atoms with van der Waals surface area (Å²) in [6, 6.07) is 14.6. The van der Waals surface area contributed by atoms with Crippen molar-refractivity contribution in [1.29, 1.82) is 0 Å². The smallest absolute Gasteiger partial charge is 0.205 e. The van der Waals surface area contributed by atoms with Crippen molar-refractivity contribution in [3.05, 3.63) is 64.0 Å². The van der Waals surface area contributed by atoms with E-state index in [1.807, 2.05) is 30.3 Å². The fourth-order valence-corrected chi connectivity index (χ4v) is 3.34. The maximum absolute atomic E-state index is 12.4. The van der Waals surface area contributed by atoms with Gasteiger partial charge in [-0.3, -0.25) is 4.79 Å². The minimum atomic E-state index is -0.0459. The standard InChI is InChI=1S/C15H10ClNOS/c16-10-6-7-11-12(8-10)19-15(13(11)17)14(18)9-4-2-1-3-5-9/h1-8H,17H2. The Hall–Kier alpha value is -1.84. The molecule has 0 atom stereocenters. The number of halogens is 1. The van der Waals surface area contributed by atoms with Crippen molar-refractivity contribution in [1.82, 2.24) is 0 Å². The molecule has 19 heavy (non-hydrogen) atoms. The first-order valence-corrected chi connectivity index (χ1v) is 6.93. The predicted octanol–water partition coefficient (Wildman–Crippen LogP) is 4.37. The Labute approximate surface area is 119 Å². The van der Waals surface area contributed by atoms with Crippen LogP contribution >= 0.6 is 22.9 Å². The number of hydrogen-bond donors (Lipinski definition) is 1. The van der Waals surface area contributed by atoms with E-state index >= 15 is 0 Å². The second-order valence-electron chi connectivity index (χ2n) is 4.18. The van der Waals surface area contributed by atoms with E-state index in [0.29, 0.717) is 21.2 Å². The number of carbonyl (C=O) groups is 1. The van der Waals surface area contributed by atoms with Crippen molar-refractivity contribution >= 4 is 44.5 Å². The molecule has 94 valence electrons. The summed E-state index contributed by atoms with van der Waals surface area (Å²) in [5, 5.41) is 1.53. The van der Waals surface area contributed by atoms with Crippen molar-refractivity contribution in [3.63, 3.8) is 0 Å². The highest BCUT2D eigenvalue weighted by molar-refractivity contribution is 7.21. The van der Waals surface area contributed by atoms with Gasteiger partial charge in [0, 0.05) is 20.7 Å². The van der Waals surface area contributed by atoms with Gasteiger partial charge in [0.1, 0.15) is 0 Å². The minimum absolute atomic E-state index is 0.0459. The van der Waals surface area contributed by atoms with E-state index in [9.17, 15) is 4.79 Å². The molecule has 1 heterocycles. The maximum Gasteiger partial charge on any atom is 0.205 e. The highest BCUT2D eigenvalue weighted by Crippen LogP contribution is 2.36. The summed E-state index contributed by atoms with van der Waals surface area (Å²) in [7, 11) is 0. The molecule has 0 radical (unpaired) electrons. The van der Waals surface area contributed by atoms with Crippen LogP contribution in [0.3, 0.4) is 0 Å². The van der Waals surface area contributed by atoms with Crippen LogP contribution in [0.1, 0.15) is 15.2 Å². The van der Waals surface area contributed by atoms with E-state index in [-0.39, 0.29) is 5.78 Å². The SMILES string of the molecule is Nc1c(C(=O)c2ccccc2)sc2cc(Cl)ccc12. The van der Waals surface area contributed by atoms with Gasteiger partial charge in [-0.15, -0.1) is 11.3 Å². The number of benzene rings is 2. The summed E-state index contributed by atoms with van der Waals surface area (Å²) < 4.78 is 0.935. The summed E-state index contributed by atoms with van der Waals surface area (Å²) in [5.41, 5.74) is 7.25. The lowest BCUT2D eigenvalue weighted by atomic mass is 10.1. The molecule has 0 aliphatic carbocycles. The number of anilines is 1. The van der Waals surface area contributed by atoms with Crippen LogP contribution in [0.2, 0.25) is 5.02 Å². The Bertz CT molecular complexity index is 764. The van der Waals surface area contributed by atoms with Gasteiger partial charge in [0.25, 0.3) is 0 Å². The molecule has 0 saturated heterocycles. The largest absolute Gasteiger partial charge is 0.397 e. The number of ketones is 1. The lowest BCUT2D eigenvalue weighted by molar-refractivity contribution is 0.104. The number of thiophene rings is 1. The first-order chi connectivity index (χ1) is 9.16. The van der Waals surface area contributed by atoms with Gasteiger partial charge in [-0.2, -0.15) is 0 Å². The fourth-order valence-electron chi connectivity index (χ4n) is 1.98. The van der Waals surface area contributed by atoms with Crippen molar-refractivity contribution in [3.8, 4) is 0 Å². The van der Waals surface area contributed by atoms with Gasteiger partial charge in [-0.1, -0.05) is 41.9 Å². The third-order valence-corrected chi connectivity index (χ3v) is 4.33. The van der Waals surface area contributed by atoms with Crippen LogP contribution in [0.15, 0.2) is 48.5 Å². The van der Waals surface area contributed by atoms with Crippen LogP contribution in [0.4, 0.5) is 5.69 Å². The molecule has 3 rings (SSSR count). The summed E-state index contributed by atoms with van der Waals surface area (Å²) in [6.45, 7) is 0. The molecule has 0 unspecified atom stereocenters. The zero-order chi connectivity index (χ0) is 13.4. The van der Waals surface area contributed by atoms with Gasteiger partial charge in [0.15, 0.2) is 0 Å². The lowest BCUT2D eigenvalue weighted by Crippen LogP contribution is -2.01. The van der Waals surface area contributed by atoms with Crippen LogP contribution in [-0.4, -0.2) is 5.78 Å². The average molecular weight is 288 g/mol. The summed E-state index contributed by atoms with van der Waals surface area (Å²) in [6.07, 6.45) is 0. The van der Waals surface area contributed by atoms with Crippen LogP contribution in [0, 0.1) is 0 Å². The molecule has 0 spiro atoms. The highest BCUT2D eigenvalue weighted by Gasteiger charge is 2.17. The highest BCUT2D eigenvalue weighted by atomic mass is 35.5. The van der Waals surface area contributed by atoms with Crippen LogP contribution in [-0.2, 0) is 0 Å². The predicted molar refractivity (Wildman–Crippen MR) is 81.1 cm³/mol. The second kappa shape index (κ2) is 4.68. The lowest BCUT2D eigenvalue weighted by Gasteiger charge is -1.99. The van der Waals surface area contributed by atoms with Gasteiger partial charge in [0.2, 0.25) is 5.78 Å². The van der Waals surface area contributed by atoms with E-state index in [0.717, 1.165) is 10.1 Å². The molecule has 2 N–H and O–H groups in total. The minimum Gasteiger partial charge on any atom is -0.397 e. The van der Waals surface area contributed by atoms with Gasteiger partial charge < -0.3 is 5.73 Å². The molecule has 1 aromatic heterocycles. The van der Waals surface area contributed by atoms with E-state index in [1.54, 1.807) is 18.2 Å². The third-order valence-electron chi connectivity index (χ3n) is 2.93. The Morgan fingerprint density at radius 1 is 1.11 bits per heavy atom. The molecular weight excluding hydrogens is 278 g/mol. The summed E-state index contributed by atoms with van der Waals surface area (Å²) in [4.78, 5) is 13.0. The summed E-state index contributed by atoms with van der Waals surface area (Å²) in [5.74, 6) is -0.0459. The van der Waals surface area contributed by atoms with E-state index in [2.05, 4.69) is 0 Å². The van der Waals surface area contributed by atoms with E-state index < -0.39 is 0 Å². The fraction of sp³-hybridized carbons (Fsp3) is 0. The van der Waals surface area contributed by atoms with Crippen molar-refractivity contribution in [2.24, 2.45) is 0 Å². The van der Waals surface area contributed by atoms with Gasteiger partial charge in [-0.05, 0) is 18.2 Å². The maximum atomic E-state index is 12.4. The molecule has 3 aromatic rings. The molecule has 4 heteroatoms. The van der Waals surface area contributed by atoms with Crippen molar-refractivity contribution in [2.45, 2.75) is 0 Å². The van der Waals surface area contributed by atoms with Crippen molar-refractivity contribution in [2.75, 3.05) is 5.73 Å². The van der Waals surface area contributed by atoms with Crippen LogP contribution in [0.25, 0.3) is 10.1 Å². The Balaban J connectivity index is 2.16. The average Bonchev–Trinajstić information content (AvgIpc) is 2.75. The molecule has 0 saturated carbocycles. The molecule has 0 aliphatic heterocycles. The number of fused-ring (bicyclic) bond motifs is 1. The Kier molecular flexibility index (Phi) is 3.01. The van der Waals surface area contributed by atoms with E-state index in [4.69, 9.17) is 17.3 Å². The van der Waals surface area contributed by atoms with Gasteiger partial charge in [-0.25, -0.2) is 0 Å². The Morgan fingerprint density at radius 3 is 2.58 bits per heavy atom. The molecule has 0 aliphatic rings. The Morgan fingerprint density at radius 2 is 1.84 bits per heavy atom. The monoisotopic (exact) mass is 287 g/mol. The normalized spacial score (nSPS) is 10.8. The van der Waals surface area contributed by atoms with E-state index in [1.165, 1.54) is 11.3 Å². The first-order valence-electron chi connectivity index (χ1n) is 5.74. The molecule has 2 nitrogen and oxygen atoms in total. The molecule has 0 bridgehead atoms. The number of nitrogen functional groups attached to an aromatic ring is 1. The summed E-state index contributed by atoms with van der Waals surface area (Å²) >= 11 is 7.34. The van der Waals surface area contributed by atoms with Crippen molar-refractivity contribution < 1.29 is 4.79 Å². The van der Waals surface area contributed by atoms with Gasteiger partial charge >= 0.3 is 0 Å². The molecule has 2 aromatic carbocycles. The number of carbonyl (C=O) groups excluding carboxylic acids is 1. The molecule has 0 fully saturated rings. The zero-order valence-corrected chi connectivity index (χ0v) is 11.5. The zero-order valence-electron chi connectivity index (χ0n) is 9.89. The number of hydrogen-bond acceptors (Lipinski definition) is 3. The van der Waals surface area contributed by atoms with Crippen LogP contribution < -0.4 is 5.73 Å². The quantitative estimate of drug-likeness (QED) is 0.711.